The Kier molecular flexibility index (Phi) is 9.85. The van der Waals surface area contributed by atoms with Crippen molar-refractivity contribution >= 4 is 34.9 Å². The molecule has 57 heavy (non-hydrogen) atoms. The van der Waals surface area contributed by atoms with Crippen LogP contribution in [-0.2, 0) is 45.2 Å². The van der Waals surface area contributed by atoms with Gasteiger partial charge in [0.15, 0.2) is 35.3 Å². The number of phenols is 2. The third-order valence-corrected chi connectivity index (χ3v) is 11.3. The second-order valence-electron chi connectivity index (χ2n) is 14.4. The highest BCUT2D eigenvalue weighted by Gasteiger charge is 2.72. The number of carbonyl (C=O) groups is 6. The summed E-state index contributed by atoms with van der Waals surface area (Å²) in [7, 11) is 3.19. The fourth-order valence-electron chi connectivity index (χ4n) is 8.56. The largest absolute Gasteiger partial charge is 0.507 e. The lowest BCUT2D eigenvalue weighted by molar-refractivity contribution is -0.275. The Hall–Kier alpha value is -5.18. The van der Waals surface area contributed by atoms with Crippen molar-refractivity contribution in [1.82, 2.24) is 5.32 Å². The van der Waals surface area contributed by atoms with Gasteiger partial charge in [-0.3, -0.25) is 24.0 Å². The lowest BCUT2D eigenvalue weighted by atomic mass is 9.56. The predicted octanol–water partition coefficient (Wildman–Crippen LogP) is -0.00968. The number of aryl methyl sites for hydroxylation is 1. The molecule has 7 rings (SSSR count). The number of methoxy groups -OCH3 is 3. The van der Waals surface area contributed by atoms with Crippen molar-refractivity contribution in [3.8, 4) is 11.5 Å². The van der Waals surface area contributed by atoms with E-state index >= 15 is 0 Å². The molecule has 2 aromatic rings. The number of phenolic OH excluding ortho intramolecular Hbond substituents is 2. The number of aromatic hydroxyl groups is 2. The van der Waals surface area contributed by atoms with Crippen molar-refractivity contribution in [2.24, 2.45) is 0 Å². The minimum atomic E-state index is -3.27. The quantitative estimate of drug-likeness (QED) is 0.201. The zero-order valence-corrected chi connectivity index (χ0v) is 31.3. The summed E-state index contributed by atoms with van der Waals surface area (Å²) >= 11 is 0. The van der Waals surface area contributed by atoms with E-state index < -0.39 is 146 Å². The van der Waals surface area contributed by atoms with Gasteiger partial charge in [-0.05, 0) is 50.1 Å². The van der Waals surface area contributed by atoms with Gasteiger partial charge < -0.3 is 59.3 Å². The van der Waals surface area contributed by atoms with Crippen LogP contribution in [0.25, 0.3) is 0 Å². The van der Waals surface area contributed by atoms with Crippen LogP contribution in [0.15, 0.2) is 36.1 Å². The Morgan fingerprint density at radius 1 is 0.930 bits per heavy atom. The van der Waals surface area contributed by atoms with E-state index in [0.29, 0.717) is 0 Å². The molecule has 0 spiro atoms. The number of rotatable bonds is 7. The van der Waals surface area contributed by atoms with Crippen molar-refractivity contribution in [2.75, 3.05) is 21.3 Å². The first-order valence-corrected chi connectivity index (χ1v) is 17.7. The topological polar surface area (TPSA) is 271 Å². The molecule has 0 bridgehead atoms. The Morgan fingerprint density at radius 2 is 1.63 bits per heavy atom. The number of hydrogen-bond donors (Lipinski definition) is 6. The van der Waals surface area contributed by atoms with E-state index in [4.69, 9.17) is 28.4 Å². The summed E-state index contributed by atoms with van der Waals surface area (Å²) < 4.78 is 33.2. The third kappa shape index (κ3) is 5.54. The number of hydrogen-bond acceptors (Lipinski definition) is 18. The van der Waals surface area contributed by atoms with Crippen LogP contribution in [0.5, 0.6) is 11.5 Å². The minimum Gasteiger partial charge on any atom is -0.507 e. The van der Waals surface area contributed by atoms with E-state index in [1.807, 2.05) is 0 Å². The third-order valence-electron chi connectivity index (χ3n) is 11.3. The van der Waals surface area contributed by atoms with Crippen LogP contribution >= 0.6 is 0 Å². The molecule has 18 nitrogen and oxygen atoms in total. The summed E-state index contributed by atoms with van der Waals surface area (Å²) in [4.78, 5) is 81.6. The summed E-state index contributed by atoms with van der Waals surface area (Å²) in [5.41, 5.74) is -10.5. The molecule has 1 fully saturated rings. The van der Waals surface area contributed by atoms with Crippen molar-refractivity contribution in [3.05, 3.63) is 80.6 Å². The molecule has 302 valence electrons. The van der Waals surface area contributed by atoms with E-state index in [2.05, 4.69) is 5.32 Å². The van der Waals surface area contributed by atoms with Crippen LogP contribution in [0.4, 0.5) is 0 Å². The van der Waals surface area contributed by atoms with Crippen molar-refractivity contribution in [1.29, 1.82) is 0 Å². The van der Waals surface area contributed by atoms with Gasteiger partial charge in [0.2, 0.25) is 17.3 Å². The zero-order chi connectivity index (χ0) is 41.6. The average Bonchev–Trinajstić information content (AvgIpc) is 3.15. The van der Waals surface area contributed by atoms with Gasteiger partial charge >= 0.3 is 5.97 Å². The fourth-order valence-corrected chi connectivity index (χ4v) is 8.56. The highest BCUT2D eigenvalue weighted by atomic mass is 16.7. The number of benzene rings is 2. The van der Waals surface area contributed by atoms with Gasteiger partial charge in [-0.15, -0.1) is 0 Å². The molecular weight excluding hydrogens is 754 g/mol. The van der Waals surface area contributed by atoms with Crippen LogP contribution in [0.1, 0.15) is 82.3 Å². The fraction of sp³-hybridized carbons (Fsp3) is 0.436. The van der Waals surface area contributed by atoms with E-state index in [-0.39, 0.29) is 16.9 Å². The van der Waals surface area contributed by atoms with Gasteiger partial charge in [-0.25, -0.2) is 4.79 Å². The minimum absolute atomic E-state index is 0.0237. The SMILES string of the molecule is COC(=O)c1c(C)cc2c(c1O)[C@]1(O)C(=O)c3cc4c(c(O)c3C(=O)[C@@]1(OC)[C@H](O)C2)C(=O)C=C(N[C@H]1O[C@@H](C)[C@H](O[C@@H]2C=CC(=O)[C@H](C)O2)[C@@H](O)[C@H]1OC)C4=O. The zero-order valence-electron chi connectivity index (χ0n) is 31.3. The summed E-state index contributed by atoms with van der Waals surface area (Å²) in [5.74, 6) is -8.15. The van der Waals surface area contributed by atoms with E-state index in [1.54, 1.807) is 6.92 Å². The molecule has 0 radical (unpaired) electrons. The number of Topliss-reactive ketones (excluding diaryl/α,β-unsaturated/α-hetero) is 3. The molecule has 3 aliphatic carbocycles. The molecule has 0 saturated carbocycles. The smallest absolute Gasteiger partial charge is 0.341 e. The molecule has 10 atom stereocenters. The molecule has 2 heterocycles. The second-order valence-corrected chi connectivity index (χ2v) is 14.4. The molecule has 6 N–H and O–H groups in total. The molecule has 1 saturated heterocycles. The lowest BCUT2D eigenvalue weighted by Gasteiger charge is -2.52. The van der Waals surface area contributed by atoms with Crippen LogP contribution < -0.4 is 5.32 Å². The maximum atomic E-state index is 14.7. The first-order valence-electron chi connectivity index (χ1n) is 17.7. The van der Waals surface area contributed by atoms with Crippen LogP contribution in [0.3, 0.4) is 0 Å². The van der Waals surface area contributed by atoms with Crippen molar-refractivity contribution in [3.63, 3.8) is 0 Å². The standard InChI is InChI=1S/C39H39NO17/c1-13-9-16-10-22(43)39(54-6)35(49)26-18(34(48)38(39,51)27(16)30(46)24(13)37(50)53-5)11-17-25(29(26)45)21(42)12-19(28(17)44)40-36-33(52-4)31(47)32(15(3)56-36)57-23-8-7-20(41)14(2)55-23/h7-9,11-12,14-15,22-23,31-33,36,40,43,45-47,51H,10H2,1-6H3/t14-,15-,22+,23+,31+,32-,33+,36-,38-,39-/m0/s1. The first kappa shape index (κ1) is 40.0. The lowest BCUT2D eigenvalue weighted by Crippen LogP contribution is -2.73. The summed E-state index contributed by atoms with van der Waals surface area (Å²) in [6.07, 6.45) is -6.70. The molecule has 2 aromatic carbocycles. The maximum Gasteiger partial charge on any atom is 0.341 e. The molecular formula is C39H39NO17. The van der Waals surface area contributed by atoms with Crippen molar-refractivity contribution in [2.45, 2.75) is 87.5 Å². The predicted molar refractivity (Wildman–Crippen MR) is 189 cm³/mol. The number of aliphatic hydroxyl groups is 3. The number of ether oxygens (including phenoxy) is 6. The van der Waals surface area contributed by atoms with Gasteiger partial charge in [0.05, 0.1) is 36.1 Å². The summed E-state index contributed by atoms with van der Waals surface area (Å²) in [5, 5.41) is 61.1. The highest BCUT2D eigenvalue weighted by molar-refractivity contribution is 6.31. The molecule has 0 unspecified atom stereocenters. The molecule has 0 aromatic heterocycles. The number of ketones is 5. The van der Waals surface area contributed by atoms with E-state index in [9.17, 15) is 54.3 Å². The van der Waals surface area contributed by atoms with E-state index in [0.717, 1.165) is 26.4 Å². The Morgan fingerprint density at radius 3 is 2.26 bits per heavy atom. The van der Waals surface area contributed by atoms with Crippen LogP contribution in [0.2, 0.25) is 0 Å². The summed E-state index contributed by atoms with van der Waals surface area (Å²) in [6.45, 7) is 4.53. The monoisotopic (exact) mass is 793 g/mol. The average molecular weight is 794 g/mol. The van der Waals surface area contributed by atoms with Crippen LogP contribution in [-0.4, -0.2) is 136 Å². The van der Waals surface area contributed by atoms with Gasteiger partial charge in [-0.1, -0.05) is 6.07 Å². The Balaban J connectivity index is 1.27. The summed E-state index contributed by atoms with van der Waals surface area (Å²) in [6, 6.07) is 2.14. The molecule has 0 amide bonds. The highest BCUT2D eigenvalue weighted by Crippen LogP contribution is 2.56. The Labute approximate surface area is 323 Å². The number of aliphatic hydroxyl groups excluding tert-OH is 2. The van der Waals surface area contributed by atoms with E-state index in [1.165, 1.54) is 39.2 Å². The number of carbonyl (C=O) groups excluding carboxylic acids is 6. The number of nitrogens with one attached hydrogen (secondary N) is 1. The number of fused-ring (bicyclic) bond motifs is 5. The van der Waals surface area contributed by atoms with Gasteiger partial charge in [0.1, 0.15) is 41.5 Å². The number of allylic oxidation sites excluding steroid dienone is 2. The van der Waals surface area contributed by atoms with Crippen molar-refractivity contribution < 1.29 is 82.7 Å². The Bertz CT molecular complexity index is 2230. The van der Waals surface area contributed by atoms with Gasteiger partial charge in [-0.2, -0.15) is 0 Å². The maximum absolute atomic E-state index is 14.7. The second kappa shape index (κ2) is 14.0. The molecule has 2 aliphatic heterocycles. The van der Waals surface area contributed by atoms with Crippen LogP contribution in [0, 0.1) is 6.92 Å². The normalized spacial score (nSPS) is 33.2. The number of esters is 1. The molecule has 5 aliphatic rings. The van der Waals surface area contributed by atoms with Gasteiger partial charge in [0.25, 0.3) is 0 Å². The first-order chi connectivity index (χ1) is 26.9. The molecule has 18 heteroatoms. The van der Waals surface area contributed by atoms with Gasteiger partial charge in [0, 0.05) is 43.4 Å².